The summed E-state index contributed by atoms with van der Waals surface area (Å²) in [5.74, 6) is 0.948. The maximum absolute atomic E-state index is 13.6. The van der Waals surface area contributed by atoms with Gasteiger partial charge >= 0.3 is 6.03 Å². The van der Waals surface area contributed by atoms with Crippen LogP contribution in [0, 0.1) is 5.41 Å². The van der Waals surface area contributed by atoms with Gasteiger partial charge in [-0.1, -0.05) is 97.8 Å². The van der Waals surface area contributed by atoms with Crippen LogP contribution in [0.4, 0.5) is 4.79 Å². The van der Waals surface area contributed by atoms with Crippen molar-refractivity contribution in [3.8, 4) is 0 Å². The number of hydrogen-bond acceptors (Lipinski definition) is 5. The van der Waals surface area contributed by atoms with Gasteiger partial charge in [0.25, 0.3) is 0 Å². The lowest BCUT2D eigenvalue weighted by molar-refractivity contribution is -0.123. The lowest BCUT2D eigenvalue weighted by Gasteiger charge is -2.37. The number of unbranched alkanes of at least 4 members (excludes halogenated alkanes) is 3. The summed E-state index contributed by atoms with van der Waals surface area (Å²) in [6.45, 7) is 0.598. The van der Waals surface area contributed by atoms with Gasteiger partial charge < -0.3 is 27.0 Å². The van der Waals surface area contributed by atoms with E-state index >= 15 is 0 Å². The molecule has 4 amide bonds. The lowest BCUT2D eigenvalue weighted by Crippen LogP contribution is -2.47. The summed E-state index contributed by atoms with van der Waals surface area (Å²) in [6, 6.07) is 27.7. The summed E-state index contributed by atoms with van der Waals surface area (Å²) in [7, 11) is 0. The van der Waals surface area contributed by atoms with Crippen molar-refractivity contribution in [2.75, 3.05) is 12.3 Å². The fourth-order valence-electron chi connectivity index (χ4n) is 6.44. The molecule has 242 valence electrons. The number of nitrogens with one attached hydrogen (secondary N) is 5. The van der Waals surface area contributed by atoms with E-state index in [9.17, 15) is 14.4 Å². The second-order valence-corrected chi connectivity index (χ2v) is 13.3. The highest BCUT2D eigenvalue weighted by Crippen LogP contribution is 2.37. The van der Waals surface area contributed by atoms with Crippen LogP contribution in [-0.2, 0) is 15.1 Å². The van der Waals surface area contributed by atoms with Gasteiger partial charge in [-0.15, -0.1) is 0 Å². The number of rotatable bonds is 16. The van der Waals surface area contributed by atoms with E-state index in [0.29, 0.717) is 36.6 Å². The van der Waals surface area contributed by atoms with Crippen molar-refractivity contribution < 1.29 is 14.4 Å². The largest absolute Gasteiger partial charge is 0.384 e. The Balaban J connectivity index is 1.09. The minimum atomic E-state index is -0.928. The average molecular weight is 641 g/mol. The summed E-state index contributed by atoms with van der Waals surface area (Å²) in [5.41, 5.74) is 8.16. The number of carbonyl (C=O) groups excluding carboxylic acids is 3. The molecule has 2 aliphatic rings. The van der Waals surface area contributed by atoms with Crippen molar-refractivity contribution in [2.24, 2.45) is 5.73 Å². The molecule has 0 saturated carbocycles. The summed E-state index contributed by atoms with van der Waals surface area (Å²) < 4.78 is 0. The Hall–Kier alpha value is -4.31. The van der Waals surface area contributed by atoms with Crippen LogP contribution in [0.3, 0.4) is 0 Å². The Kier molecular flexibility index (Phi) is 11.4. The predicted molar refractivity (Wildman–Crippen MR) is 184 cm³/mol. The number of fused-ring (bicyclic) bond motifs is 1. The minimum Gasteiger partial charge on any atom is -0.384 e. The number of thioether (sulfide) groups is 1. The highest BCUT2D eigenvalue weighted by atomic mass is 32.2. The van der Waals surface area contributed by atoms with Gasteiger partial charge in [0.1, 0.15) is 11.4 Å². The molecule has 46 heavy (non-hydrogen) atoms. The highest BCUT2D eigenvalue weighted by Gasteiger charge is 2.42. The van der Waals surface area contributed by atoms with Crippen molar-refractivity contribution in [2.45, 2.75) is 74.2 Å². The molecule has 3 atom stereocenters. The first-order chi connectivity index (χ1) is 22.4. The normalized spacial score (nSPS) is 18.7. The highest BCUT2D eigenvalue weighted by molar-refractivity contribution is 8.00. The fourth-order valence-corrected chi connectivity index (χ4v) is 7.99. The van der Waals surface area contributed by atoms with E-state index in [-0.39, 0.29) is 35.8 Å². The van der Waals surface area contributed by atoms with E-state index in [0.717, 1.165) is 54.5 Å². The zero-order chi connectivity index (χ0) is 32.4. The van der Waals surface area contributed by atoms with Crippen molar-refractivity contribution in [1.82, 2.24) is 21.3 Å². The van der Waals surface area contributed by atoms with Crippen LogP contribution in [0.1, 0.15) is 73.6 Å². The maximum Gasteiger partial charge on any atom is 0.315 e. The number of hydrogen-bond donors (Lipinski definition) is 6. The Morgan fingerprint density at radius 1 is 0.804 bits per heavy atom. The van der Waals surface area contributed by atoms with Crippen LogP contribution < -0.4 is 27.0 Å². The molecule has 0 bridgehead atoms. The molecule has 9 nitrogen and oxygen atoms in total. The lowest BCUT2D eigenvalue weighted by atomic mass is 9.76. The number of carbonyl (C=O) groups is 3. The molecule has 3 aromatic carbocycles. The second-order valence-electron chi connectivity index (χ2n) is 12.0. The minimum absolute atomic E-state index is 0.00693. The molecule has 10 heteroatoms. The van der Waals surface area contributed by atoms with E-state index in [4.69, 9.17) is 11.1 Å². The monoisotopic (exact) mass is 640 g/mol. The van der Waals surface area contributed by atoms with E-state index in [2.05, 4.69) is 21.3 Å². The van der Waals surface area contributed by atoms with Crippen molar-refractivity contribution in [3.63, 3.8) is 0 Å². The molecule has 2 aliphatic heterocycles. The SMILES string of the molecule is N=C(N)c1ccc(C(NC(=O)CCCCCNC(=O)CCCC[C@@H]2SC[C@@H]3NC(=O)N[C@@H]32)(c2ccccc2)c2ccccc2)cc1. The standard InChI is InChI=1S/C36H44N6O3S/c37-34(38)25-19-21-28(22-20-25)36(26-12-4-1-5-13-26,27-14-6-2-7-15-27)42-32(44)18-8-3-11-23-39-31(43)17-10-9-16-30-33-29(24-46-30)40-35(45)41-33/h1-2,4-7,12-15,19-22,29-30,33H,3,8-11,16-18,23-24H2,(H3,37,38)(H,39,43)(H,42,44)(H2,40,41,45)/t29-,30-,33-/m0/s1. The number of amides is 4. The average Bonchev–Trinajstić information content (AvgIpc) is 3.63. The summed E-state index contributed by atoms with van der Waals surface area (Å²) in [5, 5.41) is 20.6. The third-order valence-corrected chi connectivity index (χ3v) is 10.4. The van der Waals surface area contributed by atoms with Gasteiger partial charge in [-0.05, 0) is 42.4 Å². The van der Waals surface area contributed by atoms with Crippen molar-refractivity contribution in [1.29, 1.82) is 5.41 Å². The molecule has 3 aromatic rings. The van der Waals surface area contributed by atoms with E-state index < -0.39 is 5.54 Å². The molecule has 0 unspecified atom stereocenters. The van der Waals surface area contributed by atoms with E-state index in [1.807, 2.05) is 96.7 Å². The second kappa shape index (κ2) is 15.8. The molecule has 0 radical (unpaired) electrons. The zero-order valence-electron chi connectivity index (χ0n) is 26.1. The predicted octanol–water partition coefficient (Wildman–Crippen LogP) is 4.78. The maximum atomic E-state index is 13.6. The first-order valence-electron chi connectivity index (χ1n) is 16.2. The molecule has 0 spiro atoms. The van der Waals surface area contributed by atoms with Gasteiger partial charge in [-0.3, -0.25) is 15.0 Å². The van der Waals surface area contributed by atoms with Crippen LogP contribution in [0.5, 0.6) is 0 Å². The van der Waals surface area contributed by atoms with Crippen LogP contribution in [-0.4, -0.2) is 53.3 Å². The van der Waals surface area contributed by atoms with Crippen LogP contribution >= 0.6 is 11.8 Å². The van der Waals surface area contributed by atoms with Crippen LogP contribution in [0.25, 0.3) is 0 Å². The Morgan fingerprint density at radius 3 is 2.07 bits per heavy atom. The van der Waals surface area contributed by atoms with E-state index in [1.165, 1.54) is 0 Å². The first-order valence-corrected chi connectivity index (χ1v) is 17.2. The third-order valence-electron chi connectivity index (χ3n) is 8.85. The Labute approximate surface area is 275 Å². The number of nitrogen functional groups attached to an aromatic ring is 1. The van der Waals surface area contributed by atoms with Crippen molar-refractivity contribution in [3.05, 3.63) is 107 Å². The topological polar surface area (TPSA) is 149 Å². The molecule has 2 heterocycles. The third kappa shape index (κ3) is 8.09. The Morgan fingerprint density at radius 2 is 1.41 bits per heavy atom. The van der Waals surface area contributed by atoms with Gasteiger partial charge in [0.2, 0.25) is 11.8 Å². The van der Waals surface area contributed by atoms with Gasteiger partial charge in [0.05, 0.1) is 12.1 Å². The first kappa shape index (κ1) is 33.1. The van der Waals surface area contributed by atoms with Crippen LogP contribution in [0.15, 0.2) is 84.9 Å². The molecule has 5 rings (SSSR count). The molecular formula is C36H44N6O3S. The number of benzene rings is 3. The van der Waals surface area contributed by atoms with Gasteiger partial charge in [-0.2, -0.15) is 11.8 Å². The zero-order valence-corrected chi connectivity index (χ0v) is 26.9. The van der Waals surface area contributed by atoms with Crippen LogP contribution in [0.2, 0.25) is 0 Å². The summed E-state index contributed by atoms with van der Waals surface area (Å²) in [4.78, 5) is 37.5. The molecule has 0 aliphatic carbocycles. The number of amidine groups is 1. The van der Waals surface area contributed by atoms with Gasteiger partial charge in [0.15, 0.2) is 0 Å². The fraction of sp³-hybridized carbons (Fsp3) is 0.389. The van der Waals surface area contributed by atoms with Crippen molar-refractivity contribution >= 4 is 35.4 Å². The summed E-state index contributed by atoms with van der Waals surface area (Å²) >= 11 is 1.90. The number of urea groups is 1. The summed E-state index contributed by atoms with van der Waals surface area (Å²) in [6.07, 6.45) is 6.01. The molecule has 7 N–H and O–H groups in total. The smallest absolute Gasteiger partial charge is 0.315 e. The van der Waals surface area contributed by atoms with E-state index in [1.54, 1.807) is 0 Å². The molecule has 2 saturated heterocycles. The van der Waals surface area contributed by atoms with Gasteiger partial charge in [-0.25, -0.2) is 4.79 Å². The van der Waals surface area contributed by atoms with Gasteiger partial charge in [0, 0.05) is 36.0 Å². The Bertz CT molecular complexity index is 1450. The molecular weight excluding hydrogens is 597 g/mol. The molecule has 2 fully saturated rings. The quantitative estimate of drug-likeness (QED) is 0.0438. The molecule has 0 aromatic heterocycles. The number of nitrogens with two attached hydrogens (primary N) is 1.